The Morgan fingerprint density at radius 1 is 1.22 bits per heavy atom. The fourth-order valence-electron chi connectivity index (χ4n) is 4.11. The summed E-state index contributed by atoms with van der Waals surface area (Å²) in [5.41, 5.74) is 2.30. The number of carbonyl (C=O) groups excluding carboxylic acids is 1. The maximum Gasteiger partial charge on any atom is 0.322 e. The standard InChI is InChI=1S/C18H24N2O3/c1-13-12-14-4-2-3-5-16(14)20(13)17(21)19-15-6-8-18(9-7-15)22-10-11-23-18/h2-5,13,15H,6-12H2,1H3,(H,19,21)/t13-/m1/s1. The third kappa shape index (κ3) is 2.72. The lowest BCUT2D eigenvalue weighted by molar-refractivity contribution is -0.179. The first-order valence-corrected chi connectivity index (χ1v) is 8.62. The molecule has 0 radical (unpaired) electrons. The van der Waals surface area contributed by atoms with Crippen molar-refractivity contribution in [3.05, 3.63) is 29.8 Å². The molecule has 0 unspecified atom stereocenters. The van der Waals surface area contributed by atoms with Gasteiger partial charge in [0, 0.05) is 30.6 Å². The fraction of sp³-hybridized carbons (Fsp3) is 0.611. The van der Waals surface area contributed by atoms with Crippen molar-refractivity contribution in [3.63, 3.8) is 0 Å². The first-order chi connectivity index (χ1) is 11.2. The van der Waals surface area contributed by atoms with Crippen LogP contribution in [0.1, 0.15) is 38.2 Å². The van der Waals surface area contributed by atoms with E-state index < -0.39 is 0 Å². The van der Waals surface area contributed by atoms with Crippen LogP contribution in [-0.4, -0.2) is 37.1 Å². The van der Waals surface area contributed by atoms with Gasteiger partial charge in [-0.15, -0.1) is 0 Å². The molecule has 2 amide bonds. The third-order valence-corrected chi connectivity index (χ3v) is 5.31. The Kier molecular flexibility index (Phi) is 3.77. The smallest absolute Gasteiger partial charge is 0.322 e. The monoisotopic (exact) mass is 316 g/mol. The largest absolute Gasteiger partial charge is 0.348 e. The summed E-state index contributed by atoms with van der Waals surface area (Å²) < 4.78 is 11.5. The second-order valence-corrected chi connectivity index (χ2v) is 6.88. The second-order valence-electron chi connectivity index (χ2n) is 6.88. The number of ether oxygens (including phenoxy) is 2. The lowest BCUT2D eigenvalue weighted by Crippen LogP contribution is -2.50. The molecule has 23 heavy (non-hydrogen) atoms. The van der Waals surface area contributed by atoms with E-state index in [1.165, 1.54) is 5.56 Å². The maximum absolute atomic E-state index is 12.8. The molecule has 1 aromatic rings. The number of nitrogens with one attached hydrogen (secondary N) is 1. The van der Waals surface area contributed by atoms with E-state index in [9.17, 15) is 4.79 Å². The number of benzene rings is 1. The van der Waals surface area contributed by atoms with Crippen LogP contribution in [0.15, 0.2) is 24.3 Å². The Labute approximate surface area is 136 Å². The average Bonchev–Trinajstić information content (AvgIpc) is 3.13. The van der Waals surface area contributed by atoms with Crippen LogP contribution in [-0.2, 0) is 15.9 Å². The SMILES string of the molecule is C[C@@H]1Cc2ccccc2N1C(=O)NC1CCC2(CC1)OCCO2. The predicted octanol–water partition coefficient (Wildman–Crippen LogP) is 2.83. The molecule has 1 N–H and O–H groups in total. The molecule has 3 aliphatic rings. The van der Waals surface area contributed by atoms with Crippen LogP contribution in [0.4, 0.5) is 10.5 Å². The van der Waals surface area contributed by atoms with Gasteiger partial charge >= 0.3 is 6.03 Å². The number of para-hydroxylation sites is 1. The zero-order valence-electron chi connectivity index (χ0n) is 13.6. The van der Waals surface area contributed by atoms with Crippen LogP contribution in [0.3, 0.4) is 0 Å². The number of hydrogen-bond donors (Lipinski definition) is 1. The molecular formula is C18H24N2O3. The Bertz CT molecular complexity index is 588. The summed E-state index contributed by atoms with van der Waals surface area (Å²) in [5.74, 6) is -0.366. The molecule has 1 aromatic carbocycles. The van der Waals surface area contributed by atoms with E-state index >= 15 is 0 Å². The average molecular weight is 316 g/mol. The minimum atomic E-state index is -0.366. The molecule has 1 saturated heterocycles. The second kappa shape index (κ2) is 5.80. The molecule has 0 aromatic heterocycles. The Morgan fingerprint density at radius 3 is 2.65 bits per heavy atom. The van der Waals surface area contributed by atoms with Gasteiger partial charge in [-0.1, -0.05) is 18.2 Å². The molecule has 2 fully saturated rings. The van der Waals surface area contributed by atoms with Gasteiger partial charge in [0.15, 0.2) is 5.79 Å². The van der Waals surface area contributed by atoms with Gasteiger partial charge in [0.25, 0.3) is 0 Å². The van der Waals surface area contributed by atoms with Crippen molar-refractivity contribution in [2.45, 2.75) is 56.9 Å². The van der Waals surface area contributed by atoms with E-state index in [4.69, 9.17) is 9.47 Å². The first kappa shape index (κ1) is 15.0. The van der Waals surface area contributed by atoms with Gasteiger partial charge in [-0.25, -0.2) is 4.79 Å². The predicted molar refractivity (Wildman–Crippen MR) is 87.5 cm³/mol. The van der Waals surface area contributed by atoms with Gasteiger partial charge in [0.1, 0.15) is 0 Å². The molecule has 1 atom stereocenters. The number of hydrogen-bond acceptors (Lipinski definition) is 3. The Morgan fingerprint density at radius 2 is 1.91 bits per heavy atom. The van der Waals surface area contributed by atoms with Crippen molar-refractivity contribution in [2.24, 2.45) is 0 Å². The van der Waals surface area contributed by atoms with E-state index in [-0.39, 0.29) is 23.9 Å². The van der Waals surface area contributed by atoms with Gasteiger partial charge in [0.2, 0.25) is 0 Å². The van der Waals surface area contributed by atoms with Gasteiger partial charge in [-0.2, -0.15) is 0 Å². The summed E-state index contributed by atoms with van der Waals surface area (Å²) >= 11 is 0. The normalized spacial score (nSPS) is 26.5. The molecule has 1 saturated carbocycles. The molecule has 1 spiro atoms. The number of nitrogens with zero attached hydrogens (tertiary/aromatic N) is 1. The summed E-state index contributed by atoms with van der Waals surface area (Å²) in [7, 11) is 0. The Hall–Kier alpha value is -1.59. The molecule has 4 rings (SSSR count). The molecule has 2 aliphatic heterocycles. The minimum absolute atomic E-state index is 0.0247. The van der Waals surface area contributed by atoms with Crippen LogP contribution in [0.2, 0.25) is 0 Å². The summed E-state index contributed by atoms with van der Waals surface area (Å²) in [5, 5.41) is 3.21. The van der Waals surface area contributed by atoms with Crippen molar-refractivity contribution < 1.29 is 14.3 Å². The van der Waals surface area contributed by atoms with Crippen molar-refractivity contribution >= 4 is 11.7 Å². The molecule has 5 nitrogen and oxygen atoms in total. The van der Waals surface area contributed by atoms with Crippen molar-refractivity contribution in [3.8, 4) is 0 Å². The first-order valence-electron chi connectivity index (χ1n) is 8.62. The third-order valence-electron chi connectivity index (χ3n) is 5.31. The topological polar surface area (TPSA) is 50.8 Å². The zero-order valence-corrected chi connectivity index (χ0v) is 13.6. The molecule has 5 heteroatoms. The van der Waals surface area contributed by atoms with Crippen molar-refractivity contribution in [1.82, 2.24) is 5.32 Å². The number of carbonyl (C=O) groups is 1. The highest BCUT2D eigenvalue weighted by Gasteiger charge is 2.41. The van der Waals surface area contributed by atoms with Crippen LogP contribution < -0.4 is 10.2 Å². The summed E-state index contributed by atoms with van der Waals surface area (Å²) in [6.45, 7) is 3.49. The van der Waals surface area contributed by atoms with Gasteiger partial charge in [-0.05, 0) is 37.8 Å². The lowest BCUT2D eigenvalue weighted by atomic mass is 9.90. The maximum atomic E-state index is 12.8. The number of rotatable bonds is 1. The summed E-state index contributed by atoms with van der Waals surface area (Å²) in [6.07, 6.45) is 4.48. The highest BCUT2D eigenvalue weighted by molar-refractivity contribution is 5.95. The fourth-order valence-corrected chi connectivity index (χ4v) is 4.11. The number of amides is 2. The van der Waals surface area contributed by atoms with E-state index in [2.05, 4.69) is 18.3 Å². The van der Waals surface area contributed by atoms with Crippen LogP contribution in [0.25, 0.3) is 0 Å². The van der Waals surface area contributed by atoms with E-state index in [1.54, 1.807) is 0 Å². The minimum Gasteiger partial charge on any atom is -0.348 e. The summed E-state index contributed by atoms with van der Waals surface area (Å²) in [4.78, 5) is 14.7. The van der Waals surface area contributed by atoms with Gasteiger partial charge in [0.05, 0.1) is 13.2 Å². The quantitative estimate of drug-likeness (QED) is 0.867. The zero-order chi connectivity index (χ0) is 15.9. The van der Waals surface area contributed by atoms with E-state index in [0.29, 0.717) is 13.2 Å². The molecule has 1 aliphatic carbocycles. The molecule has 0 bridgehead atoms. The molecule has 124 valence electrons. The van der Waals surface area contributed by atoms with E-state index in [0.717, 1.165) is 37.8 Å². The highest BCUT2D eigenvalue weighted by atomic mass is 16.7. The van der Waals surface area contributed by atoms with Crippen LogP contribution in [0.5, 0.6) is 0 Å². The van der Waals surface area contributed by atoms with Gasteiger partial charge in [-0.3, -0.25) is 4.90 Å². The van der Waals surface area contributed by atoms with Crippen molar-refractivity contribution in [2.75, 3.05) is 18.1 Å². The highest BCUT2D eigenvalue weighted by Crippen LogP contribution is 2.36. The number of anilines is 1. The lowest BCUT2D eigenvalue weighted by Gasteiger charge is -2.36. The van der Waals surface area contributed by atoms with Crippen LogP contribution in [0, 0.1) is 0 Å². The Balaban J connectivity index is 1.39. The van der Waals surface area contributed by atoms with Crippen molar-refractivity contribution in [1.29, 1.82) is 0 Å². The molecule has 2 heterocycles. The summed E-state index contributed by atoms with van der Waals surface area (Å²) in [6, 6.07) is 8.62. The van der Waals surface area contributed by atoms with Crippen LogP contribution >= 0.6 is 0 Å². The number of fused-ring (bicyclic) bond motifs is 1. The van der Waals surface area contributed by atoms with Gasteiger partial charge < -0.3 is 14.8 Å². The molecular weight excluding hydrogens is 292 g/mol. The van der Waals surface area contributed by atoms with E-state index in [1.807, 2.05) is 23.1 Å². The number of urea groups is 1.